The van der Waals surface area contributed by atoms with E-state index in [0.29, 0.717) is 23.5 Å². The summed E-state index contributed by atoms with van der Waals surface area (Å²) >= 11 is 0. The Kier molecular flexibility index (Phi) is 4.42. The summed E-state index contributed by atoms with van der Waals surface area (Å²) in [6.07, 6.45) is 1.60. The molecule has 0 aliphatic heterocycles. The highest BCUT2D eigenvalue weighted by molar-refractivity contribution is 7.84. The van der Waals surface area contributed by atoms with E-state index in [1.54, 1.807) is 31.4 Å². The molecule has 1 aromatic rings. The Morgan fingerprint density at radius 2 is 2.19 bits per heavy atom. The van der Waals surface area contributed by atoms with Crippen LogP contribution in [0.4, 0.5) is 11.4 Å². The molecule has 1 unspecified atom stereocenters. The Hall–Kier alpha value is -1.43. The number of hydrogen-bond acceptors (Lipinski definition) is 4. The van der Waals surface area contributed by atoms with Gasteiger partial charge in [0, 0.05) is 34.9 Å². The van der Waals surface area contributed by atoms with E-state index < -0.39 is 15.7 Å². The molecular weight excluding hydrogens is 228 g/mol. The van der Waals surface area contributed by atoms with Gasteiger partial charge in [-0.2, -0.15) is 0 Å². The van der Waals surface area contributed by atoms with Crippen molar-refractivity contribution >= 4 is 22.2 Å². The van der Waals surface area contributed by atoms with Crippen molar-refractivity contribution in [2.45, 2.75) is 6.92 Å². The van der Waals surface area contributed by atoms with Gasteiger partial charge in [0.05, 0.1) is 4.92 Å². The average molecular weight is 242 g/mol. The molecule has 0 radical (unpaired) electrons. The van der Waals surface area contributed by atoms with Crippen molar-refractivity contribution in [3.05, 3.63) is 33.9 Å². The molecule has 0 amide bonds. The molecule has 0 aromatic heterocycles. The Bertz CT molecular complexity index is 421. The predicted molar refractivity (Wildman–Crippen MR) is 65.3 cm³/mol. The van der Waals surface area contributed by atoms with Gasteiger partial charge in [0.15, 0.2) is 0 Å². The maximum Gasteiger partial charge on any atom is 0.295 e. The van der Waals surface area contributed by atoms with Crippen LogP contribution in [-0.4, -0.2) is 27.7 Å². The third kappa shape index (κ3) is 3.30. The number of hydrogen-bond donors (Lipinski definition) is 1. The molecule has 1 rings (SSSR count). The lowest BCUT2D eigenvalue weighted by Crippen LogP contribution is -2.11. The highest BCUT2D eigenvalue weighted by Gasteiger charge is 2.15. The van der Waals surface area contributed by atoms with Gasteiger partial charge in [-0.05, 0) is 13.0 Å². The number of para-hydroxylation sites is 1. The maximum absolute atomic E-state index is 10.9. The molecule has 0 aliphatic rings. The van der Waals surface area contributed by atoms with Crippen LogP contribution in [0.5, 0.6) is 0 Å². The van der Waals surface area contributed by atoms with Gasteiger partial charge in [0.25, 0.3) is 5.69 Å². The smallest absolute Gasteiger partial charge is 0.295 e. The van der Waals surface area contributed by atoms with E-state index in [2.05, 4.69) is 5.32 Å². The molecule has 0 bridgehead atoms. The molecule has 6 heteroatoms. The normalized spacial score (nSPS) is 12.1. The Morgan fingerprint density at radius 3 is 2.75 bits per heavy atom. The van der Waals surface area contributed by atoms with Crippen LogP contribution in [0.1, 0.15) is 5.56 Å². The van der Waals surface area contributed by atoms with E-state index in [-0.39, 0.29) is 5.69 Å². The van der Waals surface area contributed by atoms with Crippen LogP contribution in [0.2, 0.25) is 0 Å². The number of nitrogens with zero attached hydrogens (tertiary/aromatic N) is 1. The monoisotopic (exact) mass is 242 g/mol. The van der Waals surface area contributed by atoms with Gasteiger partial charge in [0.1, 0.15) is 5.69 Å². The van der Waals surface area contributed by atoms with E-state index >= 15 is 0 Å². The summed E-state index contributed by atoms with van der Waals surface area (Å²) in [7, 11) is -0.894. The average Bonchev–Trinajstić information content (AvgIpc) is 2.16. The molecule has 1 atom stereocenters. The number of anilines is 1. The third-order valence-corrected chi connectivity index (χ3v) is 2.90. The van der Waals surface area contributed by atoms with Crippen LogP contribution in [0, 0.1) is 17.0 Å². The highest BCUT2D eigenvalue weighted by Crippen LogP contribution is 2.27. The minimum atomic E-state index is -0.894. The van der Waals surface area contributed by atoms with Gasteiger partial charge >= 0.3 is 0 Å². The maximum atomic E-state index is 10.9. The van der Waals surface area contributed by atoms with Crippen LogP contribution in [-0.2, 0) is 10.8 Å². The van der Waals surface area contributed by atoms with Crippen molar-refractivity contribution in [3.63, 3.8) is 0 Å². The SMILES string of the molecule is Cc1cccc(NCCS(C)=O)c1[N+](=O)[O-]. The first-order valence-electron chi connectivity index (χ1n) is 4.80. The molecule has 16 heavy (non-hydrogen) atoms. The summed E-state index contributed by atoms with van der Waals surface area (Å²) in [6.45, 7) is 2.16. The summed E-state index contributed by atoms with van der Waals surface area (Å²) in [4.78, 5) is 10.4. The first kappa shape index (κ1) is 12.6. The third-order valence-electron chi connectivity index (χ3n) is 2.13. The number of nitro groups is 1. The van der Waals surface area contributed by atoms with E-state index in [4.69, 9.17) is 0 Å². The number of aryl methyl sites for hydroxylation is 1. The van der Waals surface area contributed by atoms with E-state index in [1.807, 2.05) is 0 Å². The minimum Gasteiger partial charge on any atom is -0.379 e. The summed E-state index contributed by atoms with van der Waals surface area (Å²) in [5.41, 5.74) is 1.19. The van der Waals surface area contributed by atoms with E-state index in [9.17, 15) is 14.3 Å². The summed E-state index contributed by atoms with van der Waals surface area (Å²) in [5.74, 6) is 0.477. The zero-order valence-electron chi connectivity index (χ0n) is 9.23. The van der Waals surface area contributed by atoms with Crippen molar-refractivity contribution in [1.82, 2.24) is 0 Å². The van der Waals surface area contributed by atoms with Gasteiger partial charge in [-0.1, -0.05) is 12.1 Å². The van der Waals surface area contributed by atoms with Crippen LogP contribution in [0.25, 0.3) is 0 Å². The molecule has 0 heterocycles. The van der Waals surface area contributed by atoms with Crippen LogP contribution in [0.3, 0.4) is 0 Å². The lowest BCUT2D eigenvalue weighted by atomic mass is 10.1. The fourth-order valence-electron chi connectivity index (χ4n) is 1.37. The summed E-state index contributed by atoms with van der Waals surface area (Å²) < 4.78 is 10.9. The Morgan fingerprint density at radius 1 is 1.50 bits per heavy atom. The predicted octanol–water partition coefficient (Wildman–Crippen LogP) is 1.69. The number of rotatable bonds is 5. The largest absolute Gasteiger partial charge is 0.379 e. The number of benzene rings is 1. The number of nitrogens with one attached hydrogen (secondary N) is 1. The second-order valence-corrected chi connectivity index (χ2v) is 4.99. The molecule has 0 aliphatic carbocycles. The van der Waals surface area contributed by atoms with Crippen LogP contribution < -0.4 is 5.32 Å². The lowest BCUT2D eigenvalue weighted by molar-refractivity contribution is -0.384. The zero-order chi connectivity index (χ0) is 12.1. The van der Waals surface area contributed by atoms with Gasteiger partial charge in [-0.15, -0.1) is 0 Å². The van der Waals surface area contributed by atoms with E-state index in [0.717, 1.165) is 0 Å². The first-order valence-corrected chi connectivity index (χ1v) is 6.53. The Labute approximate surface area is 96.5 Å². The quantitative estimate of drug-likeness (QED) is 0.630. The molecule has 1 N–H and O–H groups in total. The van der Waals surface area contributed by atoms with E-state index in [1.165, 1.54) is 0 Å². The standard InChI is InChI=1S/C10H14N2O3S/c1-8-4-3-5-9(10(8)12(13)14)11-6-7-16(2)15/h3-5,11H,6-7H2,1-2H3. The second kappa shape index (κ2) is 5.60. The Balaban J connectivity index is 2.83. The highest BCUT2D eigenvalue weighted by atomic mass is 32.2. The topological polar surface area (TPSA) is 72.2 Å². The first-order chi connectivity index (χ1) is 7.52. The van der Waals surface area contributed by atoms with Crippen molar-refractivity contribution in [1.29, 1.82) is 0 Å². The zero-order valence-corrected chi connectivity index (χ0v) is 10.0. The molecule has 1 aromatic carbocycles. The second-order valence-electron chi connectivity index (χ2n) is 3.43. The molecule has 88 valence electrons. The van der Waals surface area contributed by atoms with Gasteiger partial charge in [-0.25, -0.2) is 0 Å². The summed E-state index contributed by atoms with van der Waals surface area (Å²) in [5, 5.41) is 13.8. The van der Waals surface area contributed by atoms with Crippen LogP contribution in [0.15, 0.2) is 18.2 Å². The minimum absolute atomic E-state index is 0.0874. The molecule has 0 spiro atoms. The molecule has 0 fully saturated rings. The van der Waals surface area contributed by atoms with Crippen molar-refractivity contribution in [2.75, 3.05) is 23.9 Å². The molecular formula is C10H14N2O3S. The van der Waals surface area contributed by atoms with Gasteiger partial charge in [0.2, 0.25) is 0 Å². The van der Waals surface area contributed by atoms with Crippen molar-refractivity contribution < 1.29 is 9.13 Å². The number of nitro benzene ring substituents is 1. The molecule has 0 saturated carbocycles. The van der Waals surface area contributed by atoms with Crippen molar-refractivity contribution in [2.24, 2.45) is 0 Å². The van der Waals surface area contributed by atoms with Crippen LogP contribution >= 0.6 is 0 Å². The van der Waals surface area contributed by atoms with Gasteiger partial charge < -0.3 is 5.32 Å². The fourth-order valence-corrected chi connectivity index (χ4v) is 1.76. The summed E-state index contributed by atoms with van der Waals surface area (Å²) in [6, 6.07) is 5.11. The lowest BCUT2D eigenvalue weighted by Gasteiger charge is -2.07. The molecule has 5 nitrogen and oxygen atoms in total. The van der Waals surface area contributed by atoms with Crippen molar-refractivity contribution in [3.8, 4) is 0 Å². The van der Waals surface area contributed by atoms with Gasteiger partial charge in [-0.3, -0.25) is 14.3 Å². The fraction of sp³-hybridized carbons (Fsp3) is 0.400. The molecule has 0 saturated heterocycles.